The van der Waals surface area contributed by atoms with Gasteiger partial charge in [0, 0.05) is 37.5 Å². The molecule has 5 nitrogen and oxygen atoms in total. The lowest BCUT2D eigenvalue weighted by Gasteiger charge is -2.35. The zero-order chi connectivity index (χ0) is 20.8. The van der Waals surface area contributed by atoms with Crippen LogP contribution in [0.5, 0.6) is 5.75 Å². The van der Waals surface area contributed by atoms with Crippen LogP contribution in [0.4, 0.5) is 5.69 Å². The van der Waals surface area contributed by atoms with Crippen LogP contribution >= 0.6 is 0 Å². The fourth-order valence-corrected chi connectivity index (χ4v) is 3.79. The summed E-state index contributed by atoms with van der Waals surface area (Å²) in [7, 11) is 1.68. The van der Waals surface area contributed by atoms with Gasteiger partial charge in [0.2, 0.25) is 5.91 Å². The van der Waals surface area contributed by atoms with Gasteiger partial charge in [0.1, 0.15) is 5.75 Å². The number of piperidine rings is 1. The number of carbonyl (C=O) groups is 2. The molecule has 1 fully saturated rings. The first-order chi connectivity index (χ1) is 14.0. The van der Waals surface area contributed by atoms with E-state index >= 15 is 0 Å². The number of anilines is 1. The van der Waals surface area contributed by atoms with Crippen LogP contribution in [0.2, 0.25) is 0 Å². The predicted octanol–water partition coefficient (Wildman–Crippen LogP) is 4.06. The number of ether oxygens (including phenoxy) is 1. The van der Waals surface area contributed by atoms with Crippen LogP contribution in [0.3, 0.4) is 0 Å². The van der Waals surface area contributed by atoms with Gasteiger partial charge in [-0.15, -0.1) is 0 Å². The minimum absolute atomic E-state index is 0.0162. The summed E-state index contributed by atoms with van der Waals surface area (Å²) in [6.45, 7) is 5.71. The van der Waals surface area contributed by atoms with Crippen LogP contribution in [0.25, 0.3) is 0 Å². The van der Waals surface area contributed by atoms with Gasteiger partial charge < -0.3 is 15.0 Å². The highest BCUT2D eigenvalue weighted by Crippen LogP contribution is 2.29. The number of para-hydroxylation sites is 2. The Morgan fingerprint density at radius 3 is 2.66 bits per heavy atom. The molecular formula is C24H30N2O3. The fraction of sp³-hybridized carbons (Fsp3) is 0.417. The average molecular weight is 395 g/mol. The Kier molecular flexibility index (Phi) is 6.91. The van der Waals surface area contributed by atoms with Crippen molar-refractivity contribution in [3.05, 3.63) is 59.2 Å². The topological polar surface area (TPSA) is 58.6 Å². The summed E-state index contributed by atoms with van der Waals surface area (Å²) in [5, 5.41) is 3.11. The lowest BCUT2D eigenvalue weighted by Crippen LogP contribution is -2.48. The van der Waals surface area contributed by atoms with Crippen molar-refractivity contribution in [2.45, 2.75) is 45.6 Å². The molecule has 0 radical (unpaired) electrons. The Hall–Kier alpha value is -2.82. The molecule has 0 aliphatic carbocycles. The zero-order valence-corrected chi connectivity index (χ0v) is 17.5. The second-order valence-corrected chi connectivity index (χ2v) is 7.75. The standard InChI is InChI=1S/C24H30N2O3/c1-17-10-11-19(15-18(17)2)22(27)12-13-24(28)25-20-7-6-14-26(16-20)21-8-4-5-9-23(21)29-3/h4-5,8-11,15,20H,6-7,12-14,16H2,1-3H3,(H,25,28). The molecule has 1 aliphatic rings. The smallest absolute Gasteiger partial charge is 0.220 e. The summed E-state index contributed by atoms with van der Waals surface area (Å²) in [5.41, 5.74) is 4.00. The van der Waals surface area contributed by atoms with Crippen molar-refractivity contribution in [2.24, 2.45) is 0 Å². The summed E-state index contributed by atoms with van der Waals surface area (Å²) in [6.07, 6.45) is 2.40. The minimum Gasteiger partial charge on any atom is -0.495 e. The monoisotopic (exact) mass is 394 g/mol. The molecule has 0 saturated carbocycles. The fourth-order valence-electron chi connectivity index (χ4n) is 3.79. The molecule has 1 amide bonds. The SMILES string of the molecule is COc1ccccc1N1CCCC(NC(=O)CCC(=O)c2ccc(C)c(C)c2)C1. The Bertz CT molecular complexity index is 878. The third kappa shape index (κ3) is 5.37. The number of hydrogen-bond acceptors (Lipinski definition) is 4. The molecule has 29 heavy (non-hydrogen) atoms. The molecule has 1 N–H and O–H groups in total. The Morgan fingerprint density at radius 2 is 1.90 bits per heavy atom. The molecule has 154 valence electrons. The third-order valence-corrected chi connectivity index (χ3v) is 5.62. The van der Waals surface area contributed by atoms with Gasteiger partial charge in [0.05, 0.1) is 12.8 Å². The van der Waals surface area contributed by atoms with Gasteiger partial charge in [0.15, 0.2) is 5.78 Å². The second-order valence-electron chi connectivity index (χ2n) is 7.75. The number of ketones is 1. The number of nitrogens with zero attached hydrogens (tertiary/aromatic N) is 1. The second kappa shape index (κ2) is 9.59. The van der Waals surface area contributed by atoms with E-state index in [0.717, 1.165) is 48.5 Å². The van der Waals surface area contributed by atoms with Crippen LogP contribution < -0.4 is 15.0 Å². The molecule has 0 aromatic heterocycles. The number of aryl methyl sites for hydroxylation is 2. The maximum atomic E-state index is 12.4. The normalized spacial score (nSPS) is 16.4. The van der Waals surface area contributed by atoms with Crippen molar-refractivity contribution in [1.82, 2.24) is 5.32 Å². The molecule has 1 aliphatic heterocycles. The number of Topliss-reactive ketones (excluding diaryl/α,β-unsaturated/α-hetero) is 1. The number of carbonyl (C=O) groups excluding carboxylic acids is 2. The number of methoxy groups -OCH3 is 1. The van der Waals surface area contributed by atoms with E-state index in [0.29, 0.717) is 5.56 Å². The van der Waals surface area contributed by atoms with Crippen molar-refractivity contribution < 1.29 is 14.3 Å². The lowest BCUT2D eigenvalue weighted by molar-refractivity contribution is -0.121. The van der Waals surface area contributed by atoms with E-state index in [2.05, 4.69) is 10.2 Å². The molecule has 0 bridgehead atoms. The molecule has 1 heterocycles. The Labute approximate surface area is 173 Å². The first kappa shape index (κ1) is 20.9. The summed E-state index contributed by atoms with van der Waals surface area (Å²) in [6, 6.07) is 13.7. The van der Waals surface area contributed by atoms with E-state index in [1.165, 1.54) is 0 Å². The van der Waals surface area contributed by atoms with E-state index in [4.69, 9.17) is 4.74 Å². The highest BCUT2D eigenvalue weighted by Gasteiger charge is 2.23. The van der Waals surface area contributed by atoms with Gasteiger partial charge in [-0.3, -0.25) is 9.59 Å². The molecule has 1 saturated heterocycles. The Morgan fingerprint density at radius 1 is 1.10 bits per heavy atom. The van der Waals surface area contributed by atoms with Crippen LogP contribution in [0.1, 0.15) is 47.2 Å². The van der Waals surface area contributed by atoms with Gasteiger partial charge in [0.25, 0.3) is 0 Å². The van der Waals surface area contributed by atoms with Crippen LogP contribution in [0.15, 0.2) is 42.5 Å². The molecule has 0 spiro atoms. The molecule has 2 aromatic rings. The molecule has 1 atom stereocenters. The summed E-state index contributed by atoms with van der Waals surface area (Å²) < 4.78 is 5.47. The third-order valence-electron chi connectivity index (χ3n) is 5.62. The molecule has 5 heteroatoms. The largest absolute Gasteiger partial charge is 0.495 e. The van der Waals surface area contributed by atoms with Gasteiger partial charge in [-0.2, -0.15) is 0 Å². The lowest BCUT2D eigenvalue weighted by atomic mass is 10.0. The Balaban J connectivity index is 1.52. The summed E-state index contributed by atoms with van der Waals surface area (Å²) in [5.74, 6) is 0.801. The molecule has 2 aromatic carbocycles. The van der Waals surface area contributed by atoms with Gasteiger partial charge >= 0.3 is 0 Å². The predicted molar refractivity (Wildman–Crippen MR) is 116 cm³/mol. The van der Waals surface area contributed by atoms with Crippen molar-refractivity contribution in [2.75, 3.05) is 25.1 Å². The minimum atomic E-state index is -0.0611. The van der Waals surface area contributed by atoms with E-state index in [1.54, 1.807) is 7.11 Å². The van der Waals surface area contributed by atoms with E-state index < -0.39 is 0 Å². The molecule has 1 unspecified atom stereocenters. The maximum absolute atomic E-state index is 12.4. The molecule has 3 rings (SSSR count). The highest BCUT2D eigenvalue weighted by atomic mass is 16.5. The summed E-state index contributed by atoms with van der Waals surface area (Å²) in [4.78, 5) is 27.1. The number of amides is 1. The highest BCUT2D eigenvalue weighted by molar-refractivity contribution is 5.98. The van der Waals surface area contributed by atoms with Crippen LogP contribution in [-0.4, -0.2) is 37.9 Å². The number of nitrogens with one attached hydrogen (secondary N) is 1. The van der Waals surface area contributed by atoms with Gasteiger partial charge in [-0.1, -0.05) is 24.3 Å². The molecular weight excluding hydrogens is 364 g/mol. The number of rotatable bonds is 7. The van der Waals surface area contributed by atoms with Crippen molar-refractivity contribution in [1.29, 1.82) is 0 Å². The maximum Gasteiger partial charge on any atom is 0.220 e. The number of benzene rings is 2. The quantitative estimate of drug-likeness (QED) is 0.720. The van der Waals surface area contributed by atoms with E-state index in [1.807, 2.05) is 56.3 Å². The first-order valence-electron chi connectivity index (χ1n) is 10.3. The van der Waals surface area contributed by atoms with Gasteiger partial charge in [-0.05, 0) is 56.0 Å². The zero-order valence-electron chi connectivity index (χ0n) is 17.5. The number of hydrogen-bond donors (Lipinski definition) is 1. The van der Waals surface area contributed by atoms with Crippen LogP contribution in [0, 0.1) is 13.8 Å². The van der Waals surface area contributed by atoms with E-state index in [9.17, 15) is 9.59 Å². The average Bonchev–Trinajstić information content (AvgIpc) is 2.74. The van der Waals surface area contributed by atoms with Crippen molar-refractivity contribution in [3.63, 3.8) is 0 Å². The van der Waals surface area contributed by atoms with Gasteiger partial charge in [-0.25, -0.2) is 0 Å². The van der Waals surface area contributed by atoms with Crippen molar-refractivity contribution in [3.8, 4) is 5.75 Å². The summed E-state index contributed by atoms with van der Waals surface area (Å²) >= 11 is 0. The van der Waals surface area contributed by atoms with E-state index in [-0.39, 0.29) is 30.6 Å². The van der Waals surface area contributed by atoms with Crippen LogP contribution in [-0.2, 0) is 4.79 Å². The first-order valence-corrected chi connectivity index (χ1v) is 10.3. The van der Waals surface area contributed by atoms with Crippen molar-refractivity contribution >= 4 is 17.4 Å².